The van der Waals surface area contributed by atoms with Gasteiger partial charge in [0.05, 0.1) is 11.2 Å². The van der Waals surface area contributed by atoms with Crippen LogP contribution in [0, 0.1) is 0 Å². The van der Waals surface area contributed by atoms with Crippen molar-refractivity contribution in [3.8, 4) is 0 Å². The lowest BCUT2D eigenvalue weighted by atomic mass is 10.3. The van der Waals surface area contributed by atoms with Crippen molar-refractivity contribution in [1.82, 2.24) is 19.9 Å². The molecule has 114 valence electrons. The van der Waals surface area contributed by atoms with Gasteiger partial charge in [-0.25, -0.2) is 4.98 Å². The molecular weight excluding hydrogens is 286 g/mol. The lowest BCUT2D eigenvalue weighted by molar-refractivity contribution is 0.899. The van der Waals surface area contributed by atoms with Crippen LogP contribution in [0.3, 0.4) is 0 Å². The summed E-state index contributed by atoms with van der Waals surface area (Å²) in [5, 5.41) is 8.48. The summed E-state index contributed by atoms with van der Waals surface area (Å²) >= 11 is 1.61. The highest BCUT2D eigenvalue weighted by atomic mass is 32.1. The van der Waals surface area contributed by atoms with E-state index in [2.05, 4.69) is 42.9 Å². The van der Waals surface area contributed by atoms with E-state index in [1.807, 2.05) is 24.5 Å². The minimum absolute atomic E-state index is 0.586. The fraction of sp³-hybridized carbons (Fsp3) is 0.538. The van der Waals surface area contributed by atoms with Crippen molar-refractivity contribution in [3.63, 3.8) is 0 Å². The fourth-order valence-electron chi connectivity index (χ4n) is 1.62. The number of nitrogens with zero attached hydrogens (tertiary/aromatic N) is 5. The minimum Gasteiger partial charge on any atom is -0.354 e. The van der Waals surface area contributed by atoms with E-state index in [4.69, 9.17) is 0 Å². The van der Waals surface area contributed by atoms with Crippen molar-refractivity contribution in [1.29, 1.82) is 0 Å². The van der Waals surface area contributed by atoms with E-state index in [0.29, 0.717) is 17.8 Å². The van der Waals surface area contributed by atoms with E-state index in [0.717, 1.165) is 31.6 Å². The Morgan fingerprint density at radius 3 is 2.38 bits per heavy atom. The maximum atomic E-state index is 4.39. The second kappa shape index (κ2) is 7.72. The summed E-state index contributed by atoms with van der Waals surface area (Å²) in [4.78, 5) is 19.3. The van der Waals surface area contributed by atoms with Crippen LogP contribution in [0.15, 0.2) is 10.9 Å². The molecule has 0 spiro atoms. The summed E-state index contributed by atoms with van der Waals surface area (Å²) in [6.07, 6.45) is 1.87. The number of anilines is 3. The Bertz CT molecular complexity index is 541. The van der Waals surface area contributed by atoms with Crippen molar-refractivity contribution in [2.24, 2.45) is 0 Å². The number of thiazole rings is 1. The predicted molar refractivity (Wildman–Crippen MR) is 87.2 cm³/mol. The second-order valence-corrected chi connectivity index (χ2v) is 5.48. The second-order valence-electron chi connectivity index (χ2n) is 4.76. The maximum absolute atomic E-state index is 4.39. The van der Waals surface area contributed by atoms with Crippen molar-refractivity contribution < 1.29 is 0 Å². The van der Waals surface area contributed by atoms with E-state index < -0.39 is 0 Å². The highest BCUT2D eigenvalue weighted by Gasteiger charge is 2.07. The molecule has 0 aliphatic rings. The summed E-state index contributed by atoms with van der Waals surface area (Å²) in [6, 6.07) is 0. The quantitative estimate of drug-likeness (QED) is 0.770. The molecule has 0 atom stereocenters. The Hall–Kier alpha value is -1.96. The molecule has 0 aliphatic heterocycles. The fourth-order valence-corrected chi connectivity index (χ4v) is 2.22. The number of hydrogen-bond donors (Lipinski definition) is 2. The summed E-state index contributed by atoms with van der Waals surface area (Å²) in [6.45, 7) is 3.69. The molecule has 0 bridgehead atoms. The monoisotopic (exact) mass is 307 g/mol. The van der Waals surface area contributed by atoms with Gasteiger partial charge in [0.1, 0.15) is 0 Å². The number of rotatable bonds is 8. The molecule has 2 rings (SSSR count). The van der Waals surface area contributed by atoms with Gasteiger partial charge in [0, 0.05) is 39.0 Å². The molecule has 8 heteroatoms. The zero-order valence-electron chi connectivity index (χ0n) is 12.6. The van der Waals surface area contributed by atoms with Gasteiger partial charge in [-0.15, -0.1) is 11.3 Å². The molecule has 0 aliphatic carbocycles. The highest BCUT2D eigenvalue weighted by molar-refractivity contribution is 7.07. The van der Waals surface area contributed by atoms with Crippen molar-refractivity contribution >= 4 is 29.2 Å². The first-order valence-electron chi connectivity index (χ1n) is 6.97. The molecule has 2 aromatic heterocycles. The molecule has 2 heterocycles. The Labute approximate surface area is 128 Å². The van der Waals surface area contributed by atoms with Gasteiger partial charge in [0.25, 0.3) is 0 Å². The van der Waals surface area contributed by atoms with Crippen LogP contribution < -0.4 is 15.5 Å². The molecule has 2 aromatic rings. The normalized spacial score (nSPS) is 10.4. The van der Waals surface area contributed by atoms with E-state index in [1.165, 1.54) is 0 Å². The van der Waals surface area contributed by atoms with E-state index in [1.54, 1.807) is 11.3 Å². The molecule has 21 heavy (non-hydrogen) atoms. The minimum atomic E-state index is 0.586. The molecule has 0 saturated heterocycles. The zero-order valence-corrected chi connectivity index (χ0v) is 13.4. The molecule has 2 N–H and O–H groups in total. The van der Waals surface area contributed by atoms with Crippen molar-refractivity contribution in [2.75, 3.05) is 42.7 Å². The van der Waals surface area contributed by atoms with E-state index >= 15 is 0 Å². The van der Waals surface area contributed by atoms with Crippen LogP contribution >= 0.6 is 11.3 Å². The van der Waals surface area contributed by atoms with Crippen LogP contribution in [0.4, 0.5) is 17.8 Å². The maximum Gasteiger partial charge on any atom is 0.231 e. The van der Waals surface area contributed by atoms with Gasteiger partial charge in [-0.1, -0.05) is 6.92 Å². The molecule has 0 unspecified atom stereocenters. The van der Waals surface area contributed by atoms with Gasteiger partial charge >= 0.3 is 0 Å². The lowest BCUT2D eigenvalue weighted by Gasteiger charge is -2.13. The molecule has 0 radical (unpaired) electrons. The summed E-state index contributed by atoms with van der Waals surface area (Å²) in [5.41, 5.74) is 2.92. The van der Waals surface area contributed by atoms with E-state index in [-0.39, 0.29) is 0 Å². The Morgan fingerprint density at radius 1 is 1.10 bits per heavy atom. The molecule has 0 fully saturated rings. The van der Waals surface area contributed by atoms with Crippen LogP contribution in [0.25, 0.3) is 0 Å². The smallest absolute Gasteiger partial charge is 0.231 e. The van der Waals surface area contributed by atoms with Gasteiger partial charge in [-0.2, -0.15) is 15.0 Å². The van der Waals surface area contributed by atoms with Crippen LogP contribution in [-0.2, 0) is 6.42 Å². The molecular formula is C13H21N7S. The summed E-state index contributed by atoms with van der Waals surface area (Å²) < 4.78 is 0. The predicted octanol–water partition coefficient (Wildman–Crippen LogP) is 1.87. The lowest BCUT2D eigenvalue weighted by Crippen LogP contribution is -2.18. The van der Waals surface area contributed by atoms with Gasteiger partial charge in [-0.05, 0) is 6.42 Å². The van der Waals surface area contributed by atoms with E-state index in [9.17, 15) is 0 Å². The highest BCUT2D eigenvalue weighted by Crippen LogP contribution is 2.11. The molecule has 0 amide bonds. The third-order valence-corrected chi connectivity index (χ3v) is 3.34. The van der Waals surface area contributed by atoms with Crippen molar-refractivity contribution in [2.45, 2.75) is 19.8 Å². The summed E-state index contributed by atoms with van der Waals surface area (Å²) in [7, 11) is 3.83. The third-order valence-electron chi connectivity index (χ3n) is 2.70. The first kappa shape index (κ1) is 15.4. The third kappa shape index (κ3) is 4.82. The Morgan fingerprint density at radius 2 is 1.81 bits per heavy atom. The van der Waals surface area contributed by atoms with Crippen LogP contribution in [0.2, 0.25) is 0 Å². The van der Waals surface area contributed by atoms with Gasteiger partial charge in [0.2, 0.25) is 17.8 Å². The number of nitrogens with one attached hydrogen (secondary N) is 2. The average molecular weight is 307 g/mol. The summed E-state index contributed by atoms with van der Waals surface area (Å²) in [5.74, 6) is 1.83. The van der Waals surface area contributed by atoms with Gasteiger partial charge < -0.3 is 15.5 Å². The van der Waals surface area contributed by atoms with Gasteiger partial charge in [0.15, 0.2) is 0 Å². The van der Waals surface area contributed by atoms with Crippen molar-refractivity contribution in [3.05, 3.63) is 16.6 Å². The average Bonchev–Trinajstić information content (AvgIpc) is 2.98. The Kier molecular flexibility index (Phi) is 5.68. The van der Waals surface area contributed by atoms with Crippen LogP contribution in [0.5, 0.6) is 0 Å². The topological polar surface area (TPSA) is 78.9 Å². The molecule has 0 saturated carbocycles. The molecule has 7 nitrogen and oxygen atoms in total. The molecule has 0 aromatic carbocycles. The largest absolute Gasteiger partial charge is 0.354 e. The standard InChI is InChI=1S/C13H21N7S/c1-4-6-14-11-17-12(19-13(18-11)20(2)3)15-7-5-10-8-21-9-16-10/h8-9H,4-7H2,1-3H3,(H2,14,15,17,18,19). The van der Waals surface area contributed by atoms with Crippen LogP contribution in [0.1, 0.15) is 19.0 Å². The SMILES string of the molecule is CCCNc1nc(NCCc2cscn2)nc(N(C)C)n1. The zero-order chi connectivity index (χ0) is 15.1. The van der Waals surface area contributed by atoms with Crippen LogP contribution in [-0.4, -0.2) is 47.1 Å². The number of hydrogen-bond acceptors (Lipinski definition) is 8. The van der Waals surface area contributed by atoms with Gasteiger partial charge in [-0.3, -0.25) is 0 Å². The first-order valence-corrected chi connectivity index (χ1v) is 7.91. The first-order chi connectivity index (χ1) is 10.2. The number of aromatic nitrogens is 4. The Balaban J connectivity index is 2.00.